The third-order valence-electron chi connectivity index (χ3n) is 6.00. The number of hydrogen-bond acceptors (Lipinski definition) is 4. The summed E-state index contributed by atoms with van der Waals surface area (Å²) in [7, 11) is 0. The Morgan fingerprint density at radius 3 is 2.43 bits per heavy atom. The summed E-state index contributed by atoms with van der Waals surface area (Å²) in [6.45, 7) is 11.8. The topological polar surface area (TPSA) is 38.8 Å². The van der Waals surface area contributed by atoms with Gasteiger partial charge >= 0.3 is 5.97 Å². The van der Waals surface area contributed by atoms with Crippen molar-refractivity contribution in [3.8, 4) is 11.5 Å². The van der Waals surface area contributed by atoms with Crippen molar-refractivity contribution in [1.82, 2.24) is 4.90 Å². The lowest BCUT2D eigenvalue weighted by atomic mass is 9.98. The molecule has 1 aliphatic heterocycles. The van der Waals surface area contributed by atoms with Gasteiger partial charge in [0.05, 0.1) is 6.61 Å². The van der Waals surface area contributed by atoms with Crippen LogP contribution in [0.2, 0.25) is 0 Å². The first-order valence-corrected chi connectivity index (χ1v) is 10.8. The van der Waals surface area contributed by atoms with Crippen LogP contribution in [-0.2, 0) is 13.1 Å². The number of esters is 1. The molecule has 0 radical (unpaired) electrons. The molecule has 0 N–H and O–H groups in total. The molecule has 2 aromatic carbocycles. The predicted molar refractivity (Wildman–Crippen MR) is 116 cm³/mol. The van der Waals surface area contributed by atoms with Crippen LogP contribution in [0.25, 0.3) is 0 Å². The smallest absolute Gasteiger partial charge is 0.347 e. The second kappa shape index (κ2) is 9.61. The zero-order valence-electron chi connectivity index (χ0n) is 18.6. The second-order valence-electron chi connectivity index (χ2n) is 8.39. The van der Waals surface area contributed by atoms with E-state index in [1.54, 1.807) is 31.2 Å². The molecule has 1 heterocycles. The molecule has 0 unspecified atom stereocenters. The van der Waals surface area contributed by atoms with Gasteiger partial charge in [-0.3, -0.25) is 4.90 Å². The Morgan fingerprint density at radius 1 is 1.13 bits per heavy atom. The van der Waals surface area contributed by atoms with E-state index in [4.69, 9.17) is 9.47 Å². The summed E-state index contributed by atoms with van der Waals surface area (Å²) in [5.41, 5.74) is 1.91. The highest BCUT2D eigenvalue weighted by molar-refractivity contribution is 5.96. The van der Waals surface area contributed by atoms with E-state index in [9.17, 15) is 4.79 Å². The van der Waals surface area contributed by atoms with Crippen LogP contribution >= 0.6 is 0 Å². The maximum Gasteiger partial charge on any atom is 0.347 e. The lowest BCUT2D eigenvalue weighted by Crippen LogP contribution is -2.32. The lowest BCUT2D eigenvalue weighted by molar-refractivity contribution is 0.0728. The molecule has 2 aromatic rings. The maximum absolute atomic E-state index is 15.4. The Bertz CT molecular complexity index is 895. The van der Waals surface area contributed by atoms with Gasteiger partial charge in [-0.25, -0.2) is 9.18 Å². The molecule has 0 bridgehead atoms. The van der Waals surface area contributed by atoms with Gasteiger partial charge in [-0.2, -0.15) is 0 Å². The van der Waals surface area contributed by atoms with Gasteiger partial charge in [0.25, 0.3) is 0 Å². The number of para-hydroxylation sites is 1. The number of carbonyl (C=O) groups is 1. The normalized spacial score (nSPS) is 14.6. The molecule has 0 saturated carbocycles. The SMILES string of the molecule is CCCCOc1c2c(c(F)c(C)c1C(=O)Oc1ccccc1)CN([C@H](C)C(C)C)C2. The molecule has 4 nitrogen and oxygen atoms in total. The fourth-order valence-electron chi connectivity index (χ4n) is 3.80. The van der Waals surface area contributed by atoms with Crippen molar-refractivity contribution in [2.45, 2.75) is 66.6 Å². The molecule has 0 saturated heterocycles. The van der Waals surface area contributed by atoms with Crippen LogP contribution in [0.1, 0.15) is 67.6 Å². The van der Waals surface area contributed by atoms with Gasteiger partial charge in [0.15, 0.2) is 0 Å². The van der Waals surface area contributed by atoms with Crippen LogP contribution in [0.5, 0.6) is 11.5 Å². The standard InChI is InChI=1S/C25H32FNO3/c1-6-7-13-29-24-21-15-27(18(5)16(2)3)14-20(21)23(26)17(4)22(24)25(28)30-19-11-9-8-10-12-19/h8-12,16,18H,6-7,13-15H2,1-5H3/t18-/m1/s1. The molecule has 0 aliphatic carbocycles. The summed E-state index contributed by atoms with van der Waals surface area (Å²) in [4.78, 5) is 15.3. The van der Waals surface area contributed by atoms with E-state index in [1.807, 2.05) is 6.07 Å². The van der Waals surface area contributed by atoms with E-state index < -0.39 is 5.97 Å². The van der Waals surface area contributed by atoms with Crippen LogP contribution in [0.4, 0.5) is 4.39 Å². The first-order chi connectivity index (χ1) is 14.3. The number of hydrogen-bond donors (Lipinski definition) is 0. The van der Waals surface area contributed by atoms with Gasteiger partial charge in [0, 0.05) is 35.8 Å². The fraction of sp³-hybridized carbons (Fsp3) is 0.480. The number of fused-ring (bicyclic) bond motifs is 1. The molecule has 3 rings (SSSR count). The number of benzene rings is 2. The zero-order valence-corrected chi connectivity index (χ0v) is 18.6. The molecular weight excluding hydrogens is 381 g/mol. The van der Waals surface area contributed by atoms with Crippen molar-refractivity contribution in [3.63, 3.8) is 0 Å². The Labute approximate surface area is 179 Å². The molecule has 0 aromatic heterocycles. The Morgan fingerprint density at radius 2 is 1.80 bits per heavy atom. The number of nitrogens with zero attached hydrogens (tertiary/aromatic N) is 1. The number of carbonyl (C=O) groups excluding carboxylic acids is 1. The molecule has 1 atom stereocenters. The summed E-state index contributed by atoms with van der Waals surface area (Å²) >= 11 is 0. The van der Waals surface area contributed by atoms with Crippen LogP contribution in [0.3, 0.4) is 0 Å². The number of unbranched alkanes of at least 4 members (excludes halogenated alkanes) is 1. The van der Waals surface area contributed by atoms with Crippen molar-refractivity contribution >= 4 is 5.97 Å². The van der Waals surface area contributed by atoms with E-state index >= 15 is 4.39 Å². The van der Waals surface area contributed by atoms with Gasteiger partial charge in [0.1, 0.15) is 22.9 Å². The van der Waals surface area contributed by atoms with Crippen LogP contribution in [0.15, 0.2) is 30.3 Å². The quantitative estimate of drug-likeness (QED) is 0.307. The molecule has 0 fully saturated rings. The first kappa shape index (κ1) is 22.3. The Kier molecular flexibility index (Phi) is 7.14. The molecule has 1 aliphatic rings. The first-order valence-electron chi connectivity index (χ1n) is 10.8. The molecular formula is C25H32FNO3. The largest absolute Gasteiger partial charge is 0.492 e. The highest BCUT2D eigenvalue weighted by atomic mass is 19.1. The third-order valence-corrected chi connectivity index (χ3v) is 6.00. The van der Waals surface area contributed by atoms with Crippen molar-refractivity contribution in [1.29, 1.82) is 0 Å². The maximum atomic E-state index is 15.4. The number of rotatable bonds is 8. The highest BCUT2D eigenvalue weighted by Gasteiger charge is 2.35. The molecule has 162 valence electrons. The van der Waals surface area contributed by atoms with E-state index in [-0.39, 0.29) is 11.4 Å². The average Bonchev–Trinajstić information content (AvgIpc) is 3.17. The van der Waals surface area contributed by atoms with Crippen LogP contribution < -0.4 is 9.47 Å². The highest BCUT2D eigenvalue weighted by Crippen LogP contribution is 2.40. The van der Waals surface area contributed by atoms with Gasteiger partial charge < -0.3 is 9.47 Å². The summed E-state index contributed by atoms with van der Waals surface area (Å²) in [5.74, 6) is 0.443. The Hall–Kier alpha value is -2.40. The van der Waals surface area contributed by atoms with Gasteiger partial charge in [-0.05, 0) is 38.3 Å². The van der Waals surface area contributed by atoms with Crippen LogP contribution in [0, 0.1) is 18.7 Å². The molecule has 30 heavy (non-hydrogen) atoms. The minimum absolute atomic E-state index is 0.199. The van der Waals surface area contributed by atoms with Gasteiger partial charge in [-0.15, -0.1) is 0 Å². The zero-order chi connectivity index (χ0) is 21.8. The van der Waals surface area contributed by atoms with Crippen molar-refractivity contribution < 1.29 is 18.7 Å². The van der Waals surface area contributed by atoms with Crippen molar-refractivity contribution in [2.75, 3.05) is 6.61 Å². The third kappa shape index (κ3) is 4.51. The fourth-order valence-corrected chi connectivity index (χ4v) is 3.80. The summed E-state index contributed by atoms with van der Waals surface area (Å²) in [5, 5.41) is 0. The minimum Gasteiger partial charge on any atom is -0.492 e. The minimum atomic E-state index is -0.581. The van der Waals surface area contributed by atoms with E-state index in [0.717, 1.165) is 18.4 Å². The van der Waals surface area contributed by atoms with Crippen LogP contribution in [-0.4, -0.2) is 23.5 Å². The monoisotopic (exact) mass is 413 g/mol. The summed E-state index contributed by atoms with van der Waals surface area (Å²) < 4.78 is 27.0. The number of ether oxygens (including phenoxy) is 2. The molecule has 0 spiro atoms. The van der Waals surface area contributed by atoms with Crippen molar-refractivity contribution in [2.24, 2.45) is 5.92 Å². The van der Waals surface area contributed by atoms with E-state index in [2.05, 4.69) is 32.6 Å². The molecule has 0 amide bonds. The van der Waals surface area contributed by atoms with E-state index in [0.29, 0.717) is 54.3 Å². The number of halogens is 1. The summed E-state index contributed by atoms with van der Waals surface area (Å²) in [6.07, 6.45) is 1.84. The summed E-state index contributed by atoms with van der Waals surface area (Å²) in [6, 6.07) is 9.15. The predicted octanol–water partition coefficient (Wildman–Crippen LogP) is 5.89. The van der Waals surface area contributed by atoms with E-state index in [1.165, 1.54) is 0 Å². The lowest BCUT2D eigenvalue weighted by Gasteiger charge is -2.27. The van der Waals surface area contributed by atoms with Gasteiger partial charge in [-0.1, -0.05) is 45.4 Å². The van der Waals surface area contributed by atoms with Crippen molar-refractivity contribution in [3.05, 3.63) is 58.4 Å². The molecule has 5 heteroatoms. The van der Waals surface area contributed by atoms with Gasteiger partial charge in [0.2, 0.25) is 0 Å². The second-order valence-corrected chi connectivity index (χ2v) is 8.39. The average molecular weight is 414 g/mol. The Balaban J connectivity index is 2.03.